The Bertz CT molecular complexity index is 1270. The Morgan fingerprint density at radius 3 is 2.53 bits per heavy atom. The van der Waals surface area contributed by atoms with Crippen LogP contribution in [0.4, 0.5) is 14.5 Å². The number of thiazole rings is 1. The van der Waals surface area contributed by atoms with E-state index in [0.717, 1.165) is 16.1 Å². The topological polar surface area (TPSA) is 103 Å². The fourth-order valence-electron chi connectivity index (χ4n) is 5.14. The first-order valence-electron chi connectivity index (χ1n) is 12.2. The van der Waals surface area contributed by atoms with Gasteiger partial charge in [0.05, 0.1) is 28.1 Å². The predicted octanol–water partition coefficient (Wildman–Crippen LogP) is 3.91. The minimum absolute atomic E-state index is 0.0523. The van der Waals surface area contributed by atoms with E-state index in [-0.39, 0.29) is 29.8 Å². The molecule has 1 N–H and O–H groups in total. The van der Waals surface area contributed by atoms with Gasteiger partial charge < -0.3 is 10.2 Å². The fourth-order valence-corrected chi connectivity index (χ4v) is 7.33. The van der Waals surface area contributed by atoms with Crippen molar-refractivity contribution in [2.45, 2.75) is 56.4 Å². The first kappa shape index (κ1) is 25.1. The highest BCUT2D eigenvalue weighted by molar-refractivity contribution is 7.91. The number of benzene rings is 1. The lowest BCUT2D eigenvalue weighted by molar-refractivity contribution is -0.128. The van der Waals surface area contributed by atoms with Crippen molar-refractivity contribution in [2.75, 3.05) is 29.5 Å². The van der Waals surface area contributed by atoms with Crippen molar-refractivity contribution in [1.82, 2.24) is 10.3 Å². The standard InChI is InChI=1S/C25H28F2N4O3S2/c26-14-21-29-22(19-6-3-17(27)13-20(19)24(32)30-25(15-28)7-8-25)23(35-21)16-1-4-18(5-2-16)31-9-11-36(33,34)12-10-31/h1-2,4-5,17,19-20H,3,6-14H2,(H,30,32)/t17-,19+,20+/m0/s1. The van der Waals surface area contributed by atoms with Gasteiger partial charge in [-0.1, -0.05) is 12.1 Å². The number of anilines is 1. The van der Waals surface area contributed by atoms with E-state index in [4.69, 9.17) is 0 Å². The molecule has 2 aromatic rings. The lowest BCUT2D eigenvalue weighted by atomic mass is 9.75. The average Bonchev–Trinajstić information content (AvgIpc) is 3.51. The molecule has 1 amide bonds. The van der Waals surface area contributed by atoms with Gasteiger partial charge in [0.15, 0.2) is 9.84 Å². The van der Waals surface area contributed by atoms with Gasteiger partial charge in [-0.25, -0.2) is 22.2 Å². The van der Waals surface area contributed by atoms with Crippen molar-refractivity contribution >= 4 is 32.8 Å². The van der Waals surface area contributed by atoms with Crippen LogP contribution in [-0.2, 0) is 21.3 Å². The van der Waals surface area contributed by atoms with E-state index in [2.05, 4.69) is 16.4 Å². The maximum absolute atomic E-state index is 14.4. The van der Waals surface area contributed by atoms with Crippen LogP contribution in [0.2, 0.25) is 0 Å². The van der Waals surface area contributed by atoms with Gasteiger partial charge in [0.2, 0.25) is 5.91 Å². The summed E-state index contributed by atoms with van der Waals surface area (Å²) in [5.74, 6) is -1.13. The van der Waals surface area contributed by atoms with E-state index in [1.807, 2.05) is 29.2 Å². The molecule has 2 aliphatic carbocycles. The second-order valence-electron chi connectivity index (χ2n) is 9.95. The van der Waals surface area contributed by atoms with Gasteiger partial charge in [-0.05, 0) is 49.8 Å². The molecule has 3 fully saturated rings. The summed E-state index contributed by atoms with van der Waals surface area (Å²) in [5.41, 5.74) is 1.50. The van der Waals surface area contributed by atoms with Gasteiger partial charge in [0, 0.05) is 30.6 Å². The van der Waals surface area contributed by atoms with Crippen LogP contribution in [0.15, 0.2) is 24.3 Å². The molecule has 5 rings (SSSR count). The largest absolute Gasteiger partial charge is 0.369 e. The van der Waals surface area contributed by atoms with E-state index in [9.17, 15) is 27.3 Å². The van der Waals surface area contributed by atoms with Crippen LogP contribution in [0.25, 0.3) is 10.4 Å². The van der Waals surface area contributed by atoms with E-state index >= 15 is 0 Å². The molecular weight excluding hydrogens is 506 g/mol. The highest BCUT2D eigenvalue weighted by Crippen LogP contribution is 2.46. The number of alkyl halides is 2. The van der Waals surface area contributed by atoms with Crippen molar-refractivity contribution < 1.29 is 22.0 Å². The molecule has 3 atom stereocenters. The van der Waals surface area contributed by atoms with Gasteiger partial charge in [0.25, 0.3) is 0 Å². The Hall–Kier alpha value is -2.58. The highest BCUT2D eigenvalue weighted by atomic mass is 32.2. The average molecular weight is 535 g/mol. The van der Waals surface area contributed by atoms with E-state index in [0.29, 0.717) is 49.5 Å². The van der Waals surface area contributed by atoms with Crippen molar-refractivity contribution in [2.24, 2.45) is 5.92 Å². The summed E-state index contributed by atoms with van der Waals surface area (Å²) >= 11 is 1.24. The number of carbonyl (C=O) groups is 1. The molecule has 0 spiro atoms. The number of nitrogens with zero attached hydrogens (tertiary/aromatic N) is 3. The summed E-state index contributed by atoms with van der Waals surface area (Å²) in [6.07, 6.45) is 0.850. The van der Waals surface area contributed by atoms with Crippen LogP contribution >= 0.6 is 11.3 Å². The summed E-state index contributed by atoms with van der Waals surface area (Å²) in [7, 11) is -2.98. The second kappa shape index (κ2) is 9.71. The number of hydrogen-bond donors (Lipinski definition) is 1. The van der Waals surface area contributed by atoms with Crippen molar-refractivity contribution in [3.05, 3.63) is 35.0 Å². The first-order valence-corrected chi connectivity index (χ1v) is 14.8. The molecule has 1 aromatic carbocycles. The Morgan fingerprint density at radius 2 is 1.92 bits per heavy atom. The van der Waals surface area contributed by atoms with Crippen molar-refractivity contribution in [3.63, 3.8) is 0 Å². The number of halogens is 2. The number of amides is 1. The quantitative estimate of drug-likeness (QED) is 0.603. The SMILES string of the molecule is N#CC1(NC(=O)[C@@H]2C[C@@H](F)CC[C@H]2c2nc(CF)sc2-c2ccc(N3CCS(=O)(=O)CC3)cc2)CC1. The molecule has 1 saturated heterocycles. The van der Waals surface area contributed by atoms with E-state index in [1.54, 1.807) is 0 Å². The number of hydrogen-bond acceptors (Lipinski definition) is 7. The fraction of sp³-hybridized carbons (Fsp3) is 0.560. The number of nitriles is 1. The molecule has 7 nitrogen and oxygen atoms in total. The molecule has 0 radical (unpaired) electrons. The van der Waals surface area contributed by atoms with Crippen LogP contribution in [0.1, 0.15) is 48.7 Å². The number of rotatable bonds is 6. The van der Waals surface area contributed by atoms with Gasteiger partial charge in [0.1, 0.15) is 23.4 Å². The summed E-state index contributed by atoms with van der Waals surface area (Å²) < 4.78 is 51.6. The van der Waals surface area contributed by atoms with Crippen LogP contribution in [0.3, 0.4) is 0 Å². The number of carbonyl (C=O) groups excluding carboxylic acids is 1. The van der Waals surface area contributed by atoms with Gasteiger partial charge in [-0.3, -0.25) is 4.79 Å². The molecule has 11 heteroatoms. The lowest BCUT2D eigenvalue weighted by Gasteiger charge is -2.32. The zero-order valence-electron chi connectivity index (χ0n) is 19.8. The minimum atomic E-state index is -2.98. The first-order chi connectivity index (χ1) is 17.2. The number of aromatic nitrogens is 1. The van der Waals surface area contributed by atoms with Gasteiger partial charge in [-0.15, -0.1) is 11.3 Å². The summed E-state index contributed by atoms with van der Waals surface area (Å²) in [6, 6.07) is 9.79. The van der Waals surface area contributed by atoms with E-state index < -0.39 is 34.1 Å². The van der Waals surface area contributed by atoms with Crippen LogP contribution in [0, 0.1) is 17.2 Å². The monoisotopic (exact) mass is 534 g/mol. The van der Waals surface area contributed by atoms with Gasteiger partial charge in [-0.2, -0.15) is 5.26 Å². The molecule has 0 bridgehead atoms. The Morgan fingerprint density at radius 1 is 1.22 bits per heavy atom. The van der Waals surface area contributed by atoms with Crippen molar-refractivity contribution in [3.8, 4) is 16.5 Å². The molecule has 36 heavy (non-hydrogen) atoms. The second-order valence-corrected chi connectivity index (χ2v) is 13.3. The molecular formula is C25H28F2N4O3S2. The number of nitrogens with one attached hydrogen (secondary N) is 1. The maximum Gasteiger partial charge on any atom is 0.225 e. The Labute approximate surface area is 213 Å². The van der Waals surface area contributed by atoms with Crippen LogP contribution < -0.4 is 10.2 Å². The maximum atomic E-state index is 14.4. The smallest absolute Gasteiger partial charge is 0.225 e. The zero-order chi connectivity index (χ0) is 25.5. The Balaban J connectivity index is 1.42. The lowest BCUT2D eigenvalue weighted by Crippen LogP contribution is -2.44. The third-order valence-electron chi connectivity index (χ3n) is 7.45. The van der Waals surface area contributed by atoms with Gasteiger partial charge >= 0.3 is 0 Å². The summed E-state index contributed by atoms with van der Waals surface area (Å²) in [5, 5.41) is 12.5. The molecule has 2 saturated carbocycles. The van der Waals surface area contributed by atoms with Crippen LogP contribution in [-0.4, -0.2) is 55.6 Å². The molecule has 3 aliphatic rings. The zero-order valence-corrected chi connectivity index (χ0v) is 21.4. The van der Waals surface area contributed by atoms with Crippen LogP contribution in [0.5, 0.6) is 0 Å². The van der Waals surface area contributed by atoms with Crippen molar-refractivity contribution in [1.29, 1.82) is 5.26 Å². The molecule has 0 unspecified atom stereocenters. The number of sulfone groups is 1. The molecule has 1 aromatic heterocycles. The molecule has 192 valence electrons. The summed E-state index contributed by atoms with van der Waals surface area (Å²) in [4.78, 5) is 20.5. The molecule has 2 heterocycles. The van der Waals surface area contributed by atoms with E-state index in [1.165, 1.54) is 11.3 Å². The minimum Gasteiger partial charge on any atom is -0.369 e. The third-order valence-corrected chi connectivity index (χ3v) is 10.1. The predicted molar refractivity (Wildman–Crippen MR) is 134 cm³/mol. The normalized spacial score (nSPS) is 26.7. The Kier molecular flexibility index (Phi) is 6.76. The summed E-state index contributed by atoms with van der Waals surface area (Å²) in [6.45, 7) is 0.144. The highest BCUT2D eigenvalue weighted by Gasteiger charge is 2.48. The molecule has 1 aliphatic heterocycles. The third kappa shape index (κ3) is 5.11.